The van der Waals surface area contributed by atoms with Crippen LogP contribution in [0.25, 0.3) is 11.3 Å². The van der Waals surface area contributed by atoms with Gasteiger partial charge in [-0.05, 0) is 42.5 Å². The summed E-state index contributed by atoms with van der Waals surface area (Å²) in [5.41, 5.74) is 2.34. The molecule has 1 aliphatic rings. The lowest BCUT2D eigenvalue weighted by atomic mass is 10.1. The lowest BCUT2D eigenvalue weighted by molar-refractivity contribution is 0.0742. The molecule has 166 valence electrons. The molecule has 0 unspecified atom stereocenters. The molecule has 1 aliphatic heterocycles. The molecule has 1 amide bonds. The van der Waals surface area contributed by atoms with Crippen molar-refractivity contribution >= 4 is 11.7 Å². The van der Waals surface area contributed by atoms with Crippen molar-refractivity contribution in [3.05, 3.63) is 60.4 Å². The van der Waals surface area contributed by atoms with E-state index in [1.165, 1.54) is 0 Å². The third-order valence-electron chi connectivity index (χ3n) is 5.57. The fourth-order valence-corrected chi connectivity index (χ4v) is 3.73. The molecule has 8 heteroatoms. The number of hydrogen-bond donors (Lipinski definition) is 0. The molecule has 4 rings (SSSR count). The van der Waals surface area contributed by atoms with Crippen LogP contribution >= 0.6 is 0 Å². The van der Waals surface area contributed by atoms with Gasteiger partial charge in [0.25, 0.3) is 5.91 Å². The number of nitrogens with zero attached hydrogens (tertiary/aromatic N) is 4. The van der Waals surface area contributed by atoms with Crippen LogP contribution in [-0.2, 0) is 0 Å². The molecule has 0 atom stereocenters. The lowest BCUT2D eigenvalue weighted by Crippen LogP contribution is -2.49. The van der Waals surface area contributed by atoms with E-state index in [0.29, 0.717) is 43.2 Å². The summed E-state index contributed by atoms with van der Waals surface area (Å²) in [5, 5.41) is 0. The Morgan fingerprint density at radius 3 is 2.16 bits per heavy atom. The Kier molecular flexibility index (Phi) is 6.39. The molecule has 1 saturated heterocycles. The first-order chi connectivity index (χ1) is 15.6. The van der Waals surface area contributed by atoms with Gasteiger partial charge in [-0.1, -0.05) is 0 Å². The average Bonchev–Trinajstić information content (AvgIpc) is 2.88. The Morgan fingerprint density at radius 2 is 1.50 bits per heavy atom. The monoisotopic (exact) mass is 434 g/mol. The molecule has 0 bridgehead atoms. The molecule has 0 aliphatic carbocycles. The fourth-order valence-electron chi connectivity index (χ4n) is 3.73. The van der Waals surface area contributed by atoms with Crippen molar-refractivity contribution in [2.75, 3.05) is 52.4 Å². The van der Waals surface area contributed by atoms with Gasteiger partial charge in [-0.15, -0.1) is 0 Å². The number of hydrogen-bond acceptors (Lipinski definition) is 7. The molecule has 0 radical (unpaired) electrons. The number of rotatable bonds is 6. The van der Waals surface area contributed by atoms with E-state index in [0.717, 1.165) is 22.8 Å². The van der Waals surface area contributed by atoms with Crippen LogP contribution in [0.3, 0.4) is 0 Å². The third kappa shape index (κ3) is 4.44. The van der Waals surface area contributed by atoms with Gasteiger partial charge < -0.3 is 24.0 Å². The highest BCUT2D eigenvalue weighted by atomic mass is 16.5. The second-order valence-corrected chi connectivity index (χ2v) is 7.34. The normalized spacial score (nSPS) is 13.6. The van der Waals surface area contributed by atoms with E-state index in [2.05, 4.69) is 14.9 Å². The number of carbonyl (C=O) groups is 1. The SMILES string of the molecule is COc1ccc(-c2cc(N3CCN(C(=O)c4cc(OC)ccc4OC)CC3)ncn2)cc1. The van der Waals surface area contributed by atoms with Gasteiger partial charge in [0, 0.05) is 37.8 Å². The van der Waals surface area contributed by atoms with Crippen molar-refractivity contribution < 1.29 is 19.0 Å². The first kappa shape index (κ1) is 21.4. The van der Waals surface area contributed by atoms with Crippen molar-refractivity contribution in [3.63, 3.8) is 0 Å². The Labute approximate surface area is 187 Å². The maximum Gasteiger partial charge on any atom is 0.257 e. The van der Waals surface area contributed by atoms with E-state index >= 15 is 0 Å². The lowest BCUT2D eigenvalue weighted by Gasteiger charge is -2.35. The summed E-state index contributed by atoms with van der Waals surface area (Å²) in [6, 6.07) is 15.0. The largest absolute Gasteiger partial charge is 0.497 e. The number of carbonyl (C=O) groups excluding carboxylic acids is 1. The molecule has 0 spiro atoms. The van der Waals surface area contributed by atoms with E-state index in [1.54, 1.807) is 45.9 Å². The standard InChI is InChI=1S/C24H26N4O4/c1-30-18-6-4-17(5-7-18)21-15-23(26-16-25-21)27-10-12-28(13-11-27)24(29)20-14-19(31-2)8-9-22(20)32-3/h4-9,14-16H,10-13H2,1-3H3. The van der Waals surface area contributed by atoms with Crippen LogP contribution in [0.1, 0.15) is 10.4 Å². The predicted molar refractivity (Wildman–Crippen MR) is 122 cm³/mol. The van der Waals surface area contributed by atoms with Crippen LogP contribution in [0.15, 0.2) is 54.9 Å². The Hall–Kier alpha value is -3.81. The Balaban J connectivity index is 1.45. The minimum Gasteiger partial charge on any atom is -0.497 e. The average molecular weight is 434 g/mol. The summed E-state index contributed by atoms with van der Waals surface area (Å²) in [6.07, 6.45) is 1.58. The Bertz CT molecular complexity index is 1080. The molecule has 32 heavy (non-hydrogen) atoms. The number of benzene rings is 2. The minimum absolute atomic E-state index is 0.0676. The maximum atomic E-state index is 13.1. The molecule has 1 fully saturated rings. The van der Waals surface area contributed by atoms with Crippen molar-refractivity contribution in [1.82, 2.24) is 14.9 Å². The summed E-state index contributed by atoms with van der Waals surface area (Å²) in [4.78, 5) is 26.0. The first-order valence-electron chi connectivity index (χ1n) is 10.4. The second-order valence-electron chi connectivity index (χ2n) is 7.34. The molecule has 2 heterocycles. The van der Waals surface area contributed by atoms with E-state index in [4.69, 9.17) is 14.2 Å². The highest BCUT2D eigenvalue weighted by Gasteiger charge is 2.25. The van der Waals surface area contributed by atoms with E-state index in [1.807, 2.05) is 35.2 Å². The van der Waals surface area contributed by atoms with Gasteiger partial charge in [-0.3, -0.25) is 4.79 Å². The zero-order valence-electron chi connectivity index (χ0n) is 18.4. The van der Waals surface area contributed by atoms with Crippen LogP contribution in [0.5, 0.6) is 17.2 Å². The molecule has 1 aromatic heterocycles. The molecule has 3 aromatic rings. The molecule has 8 nitrogen and oxygen atoms in total. The minimum atomic E-state index is -0.0676. The van der Waals surface area contributed by atoms with Gasteiger partial charge >= 0.3 is 0 Å². The molecular weight excluding hydrogens is 408 g/mol. The smallest absolute Gasteiger partial charge is 0.257 e. The fraction of sp³-hybridized carbons (Fsp3) is 0.292. The summed E-state index contributed by atoms with van der Waals surface area (Å²) >= 11 is 0. The van der Waals surface area contributed by atoms with Gasteiger partial charge in [-0.25, -0.2) is 9.97 Å². The highest BCUT2D eigenvalue weighted by Crippen LogP contribution is 2.27. The van der Waals surface area contributed by atoms with Gasteiger partial charge in [-0.2, -0.15) is 0 Å². The number of aromatic nitrogens is 2. The van der Waals surface area contributed by atoms with Crippen molar-refractivity contribution in [3.8, 4) is 28.5 Å². The quantitative estimate of drug-likeness (QED) is 0.590. The van der Waals surface area contributed by atoms with Gasteiger partial charge in [0.15, 0.2) is 0 Å². The van der Waals surface area contributed by atoms with Crippen LogP contribution < -0.4 is 19.1 Å². The van der Waals surface area contributed by atoms with Crippen LogP contribution in [-0.4, -0.2) is 68.3 Å². The van der Waals surface area contributed by atoms with Crippen LogP contribution in [0, 0.1) is 0 Å². The Morgan fingerprint density at radius 1 is 0.812 bits per heavy atom. The number of piperazine rings is 1. The van der Waals surface area contributed by atoms with Gasteiger partial charge in [0.1, 0.15) is 29.4 Å². The number of ether oxygens (including phenoxy) is 3. The van der Waals surface area contributed by atoms with Crippen LogP contribution in [0.4, 0.5) is 5.82 Å². The maximum absolute atomic E-state index is 13.1. The topological polar surface area (TPSA) is 77.0 Å². The number of amides is 1. The summed E-state index contributed by atoms with van der Waals surface area (Å²) < 4.78 is 15.9. The second kappa shape index (κ2) is 9.55. The summed E-state index contributed by atoms with van der Waals surface area (Å²) in [7, 11) is 4.79. The van der Waals surface area contributed by atoms with E-state index < -0.39 is 0 Å². The molecular formula is C24H26N4O4. The first-order valence-corrected chi connectivity index (χ1v) is 10.4. The number of methoxy groups -OCH3 is 3. The highest BCUT2D eigenvalue weighted by molar-refractivity contribution is 5.97. The van der Waals surface area contributed by atoms with Gasteiger partial charge in [0.05, 0.1) is 32.6 Å². The summed E-state index contributed by atoms with van der Waals surface area (Å²) in [5.74, 6) is 2.74. The third-order valence-corrected chi connectivity index (χ3v) is 5.57. The predicted octanol–water partition coefficient (Wildman–Crippen LogP) is 3.13. The van der Waals surface area contributed by atoms with Crippen molar-refractivity contribution in [2.24, 2.45) is 0 Å². The van der Waals surface area contributed by atoms with Gasteiger partial charge in [0.2, 0.25) is 0 Å². The molecule has 2 aromatic carbocycles. The van der Waals surface area contributed by atoms with Crippen LogP contribution in [0.2, 0.25) is 0 Å². The van der Waals surface area contributed by atoms with Crippen molar-refractivity contribution in [1.29, 1.82) is 0 Å². The van der Waals surface area contributed by atoms with E-state index in [9.17, 15) is 4.79 Å². The number of anilines is 1. The van der Waals surface area contributed by atoms with Crippen molar-refractivity contribution in [2.45, 2.75) is 0 Å². The zero-order chi connectivity index (χ0) is 22.5. The summed E-state index contributed by atoms with van der Waals surface area (Å²) in [6.45, 7) is 2.52. The molecule has 0 saturated carbocycles. The zero-order valence-corrected chi connectivity index (χ0v) is 18.4. The molecule has 0 N–H and O–H groups in total. The van der Waals surface area contributed by atoms with E-state index in [-0.39, 0.29) is 5.91 Å².